The van der Waals surface area contributed by atoms with E-state index in [1.54, 1.807) is 24.3 Å². The Labute approximate surface area is 132 Å². The van der Waals surface area contributed by atoms with Crippen LogP contribution in [0.15, 0.2) is 24.3 Å². The van der Waals surface area contributed by atoms with Crippen molar-refractivity contribution < 1.29 is 14.3 Å². The molecule has 0 radical (unpaired) electrons. The fourth-order valence-corrected chi connectivity index (χ4v) is 3.17. The van der Waals surface area contributed by atoms with Gasteiger partial charge in [-0.05, 0) is 49.4 Å². The van der Waals surface area contributed by atoms with Gasteiger partial charge in [-0.2, -0.15) is 0 Å². The summed E-state index contributed by atoms with van der Waals surface area (Å²) in [5, 5.41) is 3.16. The topological polar surface area (TPSA) is 55.4 Å². The van der Waals surface area contributed by atoms with Crippen molar-refractivity contribution in [3.8, 4) is 0 Å². The molecule has 2 unspecified atom stereocenters. The molecular weight excluding hydrogens is 278 g/mol. The first-order chi connectivity index (χ1) is 10.7. The van der Waals surface area contributed by atoms with Crippen LogP contribution < -0.4 is 5.32 Å². The second-order valence-electron chi connectivity index (χ2n) is 5.98. The van der Waals surface area contributed by atoms with E-state index < -0.39 is 0 Å². The van der Waals surface area contributed by atoms with E-state index in [2.05, 4.69) is 17.0 Å². The van der Waals surface area contributed by atoms with Gasteiger partial charge in [0.2, 0.25) is 0 Å². The molecule has 0 heterocycles. The number of unbranched alkanes of at least 4 members (excludes halogenated alkanes) is 1. The first-order valence-corrected chi connectivity index (χ1v) is 8.15. The maximum atomic E-state index is 12.3. The molecule has 120 valence electrons. The molecule has 0 aliphatic heterocycles. The van der Waals surface area contributed by atoms with Gasteiger partial charge in [0.1, 0.15) is 0 Å². The number of nitrogens with one attached hydrogen (secondary N) is 1. The lowest BCUT2D eigenvalue weighted by Gasteiger charge is -2.21. The average molecular weight is 303 g/mol. The van der Waals surface area contributed by atoms with Crippen molar-refractivity contribution >= 4 is 11.9 Å². The van der Waals surface area contributed by atoms with Crippen LogP contribution >= 0.6 is 0 Å². The van der Waals surface area contributed by atoms with Gasteiger partial charge in [0.05, 0.1) is 12.7 Å². The molecule has 1 N–H and O–H groups in total. The molecule has 22 heavy (non-hydrogen) atoms. The molecule has 0 bridgehead atoms. The summed E-state index contributed by atoms with van der Waals surface area (Å²) in [4.78, 5) is 23.7. The summed E-state index contributed by atoms with van der Waals surface area (Å²) in [7, 11) is 1.35. The van der Waals surface area contributed by atoms with E-state index in [-0.39, 0.29) is 11.9 Å². The zero-order valence-corrected chi connectivity index (χ0v) is 13.4. The van der Waals surface area contributed by atoms with Gasteiger partial charge in [-0.3, -0.25) is 4.79 Å². The molecule has 0 spiro atoms. The van der Waals surface area contributed by atoms with E-state index in [1.807, 2.05) is 0 Å². The molecule has 1 fully saturated rings. The quantitative estimate of drug-likeness (QED) is 0.817. The van der Waals surface area contributed by atoms with E-state index in [1.165, 1.54) is 39.2 Å². The van der Waals surface area contributed by atoms with Crippen LogP contribution in [0.2, 0.25) is 0 Å². The zero-order valence-electron chi connectivity index (χ0n) is 13.4. The molecular formula is C18H25NO3. The van der Waals surface area contributed by atoms with Crippen molar-refractivity contribution in [2.75, 3.05) is 7.11 Å². The van der Waals surface area contributed by atoms with Crippen molar-refractivity contribution in [3.63, 3.8) is 0 Å². The van der Waals surface area contributed by atoms with Gasteiger partial charge in [-0.1, -0.05) is 26.2 Å². The normalized spacial score (nSPS) is 20.6. The molecule has 4 heteroatoms. The molecule has 1 aromatic rings. The molecule has 2 atom stereocenters. The number of amides is 1. The predicted octanol–water partition coefficient (Wildman–Crippen LogP) is 3.56. The minimum atomic E-state index is -0.387. The van der Waals surface area contributed by atoms with E-state index in [9.17, 15) is 9.59 Å². The Bertz CT molecular complexity index is 510. The van der Waals surface area contributed by atoms with E-state index in [4.69, 9.17) is 0 Å². The summed E-state index contributed by atoms with van der Waals surface area (Å²) < 4.78 is 4.66. The number of methoxy groups -OCH3 is 1. The smallest absolute Gasteiger partial charge is 0.337 e. The fourth-order valence-electron chi connectivity index (χ4n) is 3.17. The Morgan fingerprint density at radius 3 is 2.50 bits per heavy atom. The van der Waals surface area contributed by atoms with E-state index in [0.717, 1.165) is 6.42 Å². The highest BCUT2D eigenvalue weighted by molar-refractivity contribution is 5.96. The fraction of sp³-hybridized carbons (Fsp3) is 0.556. The highest BCUT2D eigenvalue weighted by Crippen LogP contribution is 2.30. The maximum Gasteiger partial charge on any atom is 0.337 e. The first kappa shape index (κ1) is 16.5. The van der Waals surface area contributed by atoms with Crippen molar-refractivity contribution in [2.24, 2.45) is 5.92 Å². The second-order valence-corrected chi connectivity index (χ2v) is 5.98. The third kappa shape index (κ3) is 4.09. The predicted molar refractivity (Wildman–Crippen MR) is 85.9 cm³/mol. The number of ether oxygens (including phenoxy) is 1. The lowest BCUT2D eigenvalue weighted by molar-refractivity contribution is 0.0600. The van der Waals surface area contributed by atoms with Gasteiger partial charge in [0.25, 0.3) is 5.91 Å². The summed E-state index contributed by atoms with van der Waals surface area (Å²) in [6, 6.07) is 6.91. The van der Waals surface area contributed by atoms with Crippen LogP contribution in [0.4, 0.5) is 0 Å². The number of hydrogen-bond acceptors (Lipinski definition) is 3. The van der Waals surface area contributed by atoms with Crippen molar-refractivity contribution in [2.45, 2.75) is 51.5 Å². The summed E-state index contributed by atoms with van der Waals surface area (Å²) in [6.07, 6.45) is 7.10. The van der Waals surface area contributed by atoms with Gasteiger partial charge >= 0.3 is 5.97 Å². The number of benzene rings is 1. The molecule has 0 saturated heterocycles. The Balaban J connectivity index is 1.95. The maximum absolute atomic E-state index is 12.3. The number of hydrogen-bond donors (Lipinski definition) is 1. The van der Waals surface area contributed by atoms with Crippen LogP contribution in [-0.2, 0) is 4.74 Å². The molecule has 2 rings (SSSR count). The Hall–Kier alpha value is -1.84. The second kappa shape index (κ2) is 7.97. The number of carbonyl (C=O) groups is 2. The number of rotatable bonds is 6. The Morgan fingerprint density at radius 1 is 1.18 bits per heavy atom. The minimum Gasteiger partial charge on any atom is -0.465 e. The van der Waals surface area contributed by atoms with Crippen LogP contribution in [0.25, 0.3) is 0 Å². The van der Waals surface area contributed by atoms with Gasteiger partial charge in [-0.15, -0.1) is 0 Å². The number of esters is 1. The van der Waals surface area contributed by atoms with Crippen LogP contribution in [0.1, 0.15) is 66.2 Å². The molecule has 4 nitrogen and oxygen atoms in total. The van der Waals surface area contributed by atoms with E-state index in [0.29, 0.717) is 23.1 Å². The SMILES string of the molecule is CCCCC1CCCC1NC(=O)c1ccc(C(=O)OC)cc1. The van der Waals surface area contributed by atoms with E-state index >= 15 is 0 Å². The van der Waals surface area contributed by atoms with Crippen molar-refractivity contribution in [1.29, 1.82) is 0 Å². The Morgan fingerprint density at radius 2 is 1.86 bits per heavy atom. The number of carbonyl (C=O) groups excluding carboxylic acids is 2. The van der Waals surface area contributed by atoms with Gasteiger partial charge in [-0.25, -0.2) is 4.79 Å². The minimum absolute atomic E-state index is 0.0511. The van der Waals surface area contributed by atoms with Crippen LogP contribution in [0.5, 0.6) is 0 Å². The molecule has 1 amide bonds. The molecule has 1 aromatic carbocycles. The summed E-state index contributed by atoms with van der Waals surface area (Å²) in [5.41, 5.74) is 1.05. The van der Waals surface area contributed by atoms with Gasteiger partial charge in [0.15, 0.2) is 0 Å². The largest absolute Gasteiger partial charge is 0.465 e. The van der Waals surface area contributed by atoms with Gasteiger partial charge in [0, 0.05) is 11.6 Å². The molecule has 1 aliphatic carbocycles. The average Bonchev–Trinajstić information content (AvgIpc) is 2.99. The van der Waals surface area contributed by atoms with Gasteiger partial charge < -0.3 is 10.1 Å². The standard InChI is InChI=1S/C18H25NO3/c1-3-4-6-13-7-5-8-16(13)19-17(20)14-9-11-15(12-10-14)18(21)22-2/h9-13,16H,3-8H2,1-2H3,(H,19,20). The Kier molecular flexibility index (Phi) is 5.99. The zero-order chi connectivity index (χ0) is 15.9. The molecule has 1 aliphatic rings. The van der Waals surface area contributed by atoms with Crippen LogP contribution in [-0.4, -0.2) is 25.0 Å². The van der Waals surface area contributed by atoms with Crippen LogP contribution in [0, 0.1) is 5.92 Å². The third-order valence-electron chi connectivity index (χ3n) is 4.47. The lowest BCUT2D eigenvalue weighted by atomic mass is 9.96. The molecule has 1 saturated carbocycles. The molecule has 0 aromatic heterocycles. The summed E-state index contributed by atoms with van der Waals surface area (Å²) in [5.74, 6) is 0.172. The summed E-state index contributed by atoms with van der Waals surface area (Å²) >= 11 is 0. The monoisotopic (exact) mass is 303 g/mol. The first-order valence-electron chi connectivity index (χ1n) is 8.15. The highest BCUT2D eigenvalue weighted by Gasteiger charge is 2.28. The third-order valence-corrected chi connectivity index (χ3v) is 4.47. The summed E-state index contributed by atoms with van der Waals surface area (Å²) in [6.45, 7) is 2.20. The highest BCUT2D eigenvalue weighted by atomic mass is 16.5. The lowest BCUT2D eigenvalue weighted by Crippen LogP contribution is -2.37. The van der Waals surface area contributed by atoms with Crippen LogP contribution in [0.3, 0.4) is 0 Å². The van der Waals surface area contributed by atoms with Crippen molar-refractivity contribution in [3.05, 3.63) is 35.4 Å². The van der Waals surface area contributed by atoms with Crippen molar-refractivity contribution in [1.82, 2.24) is 5.32 Å².